The number of nitrogens with zero attached hydrogens (tertiary/aromatic N) is 1. The molecule has 114 valence electrons. The van der Waals surface area contributed by atoms with Crippen LogP contribution in [0.4, 0.5) is 0 Å². The van der Waals surface area contributed by atoms with Gasteiger partial charge >= 0.3 is 0 Å². The Balaban J connectivity index is 0.00000161. The lowest BCUT2D eigenvalue weighted by Crippen LogP contribution is -2.33. The molecule has 0 spiro atoms. The number of nitrogens with two attached hydrogens (primary N) is 1. The molecule has 0 aliphatic carbocycles. The van der Waals surface area contributed by atoms with Gasteiger partial charge in [0.25, 0.3) is 5.91 Å². The molecule has 2 aliphatic rings. The average molecular weight is 329 g/mol. The fourth-order valence-corrected chi connectivity index (χ4v) is 2.87. The molecular formula is C15H18Cl2N2O2. The summed E-state index contributed by atoms with van der Waals surface area (Å²) in [5, 5.41) is 0.640. The van der Waals surface area contributed by atoms with Crippen molar-refractivity contribution in [1.29, 1.82) is 0 Å². The minimum atomic E-state index is 0. The lowest BCUT2D eigenvalue weighted by Gasteiger charge is -2.22. The summed E-state index contributed by atoms with van der Waals surface area (Å²) < 4.78 is 5.63. The second-order valence-electron chi connectivity index (χ2n) is 5.28. The van der Waals surface area contributed by atoms with Crippen molar-refractivity contribution in [3.8, 4) is 5.75 Å². The first-order valence-corrected chi connectivity index (χ1v) is 7.17. The van der Waals surface area contributed by atoms with Gasteiger partial charge in [0.05, 0.1) is 5.57 Å². The fourth-order valence-electron chi connectivity index (χ4n) is 2.68. The van der Waals surface area contributed by atoms with Crippen molar-refractivity contribution in [3.63, 3.8) is 0 Å². The largest absolute Gasteiger partial charge is 0.488 e. The first-order valence-electron chi connectivity index (χ1n) is 6.79. The van der Waals surface area contributed by atoms with E-state index in [2.05, 4.69) is 0 Å². The number of hydrogen-bond acceptors (Lipinski definition) is 3. The van der Waals surface area contributed by atoms with E-state index in [0.29, 0.717) is 29.7 Å². The lowest BCUT2D eigenvalue weighted by molar-refractivity contribution is -0.126. The number of halogens is 2. The Morgan fingerprint density at radius 2 is 2.29 bits per heavy atom. The Labute approximate surface area is 135 Å². The number of amides is 1. The Kier molecular flexibility index (Phi) is 5.14. The molecule has 0 aromatic heterocycles. The van der Waals surface area contributed by atoms with Crippen molar-refractivity contribution in [2.45, 2.75) is 6.42 Å². The molecule has 1 amide bonds. The molecule has 2 aliphatic heterocycles. The van der Waals surface area contributed by atoms with Crippen LogP contribution in [0, 0.1) is 5.92 Å². The van der Waals surface area contributed by atoms with E-state index in [0.717, 1.165) is 30.8 Å². The van der Waals surface area contributed by atoms with E-state index in [-0.39, 0.29) is 18.3 Å². The molecule has 0 radical (unpaired) electrons. The fraction of sp³-hybridized carbons (Fsp3) is 0.400. The first-order chi connectivity index (χ1) is 9.67. The van der Waals surface area contributed by atoms with Crippen molar-refractivity contribution < 1.29 is 9.53 Å². The third-order valence-corrected chi connectivity index (χ3v) is 4.10. The quantitative estimate of drug-likeness (QED) is 0.906. The zero-order valence-corrected chi connectivity index (χ0v) is 13.1. The molecule has 21 heavy (non-hydrogen) atoms. The number of ether oxygens (including phenoxy) is 1. The SMILES string of the molecule is Cl.NCC1CCN(C(=O)C2=Cc3cc(Cl)ccc3OC2)C1. The van der Waals surface area contributed by atoms with E-state index in [4.69, 9.17) is 22.1 Å². The summed E-state index contributed by atoms with van der Waals surface area (Å²) in [5.74, 6) is 1.24. The normalized spacial score (nSPS) is 20.2. The van der Waals surface area contributed by atoms with E-state index in [1.54, 1.807) is 6.07 Å². The Bertz CT molecular complexity index is 575. The molecule has 1 aromatic carbocycles. The highest BCUT2D eigenvalue weighted by molar-refractivity contribution is 6.30. The molecule has 1 aromatic rings. The topological polar surface area (TPSA) is 55.6 Å². The van der Waals surface area contributed by atoms with Crippen LogP contribution in [0.15, 0.2) is 23.8 Å². The zero-order chi connectivity index (χ0) is 14.1. The second kappa shape index (κ2) is 6.69. The van der Waals surface area contributed by atoms with Crippen molar-refractivity contribution in [2.75, 3.05) is 26.2 Å². The third kappa shape index (κ3) is 3.34. The smallest absolute Gasteiger partial charge is 0.253 e. The van der Waals surface area contributed by atoms with Crippen LogP contribution in [-0.2, 0) is 4.79 Å². The summed E-state index contributed by atoms with van der Waals surface area (Å²) in [7, 11) is 0. The summed E-state index contributed by atoms with van der Waals surface area (Å²) in [6, 6.07) is 5.43. The first kappa shape index (κ1) is 16.1. The standard InChI is InChI=1S/C15H17ClN2O2.ClH/c16-13-1-2-14-11(6-13)5-12(9-20-14)15(19)18-4-3-10(7-17)8-18;/h1-2,5-6,10H,3-4,7-9,17H2;1H. The highest BCUT2D eigenvalue weighted by atomic mass is 35.5. The van der Waals surface area contributed by atoms with Crippen LogP contribution in [0.25, 0.3) is 6.08 Å². The number of rotatable bonds is 2. The minimum absolute atomic E-state index is 0. The summed E-state index contributed by atoms with van der Waals surface area (Å²) in [6.07, 6.45) is 2.86. The maximum atomic E-state index is 12.5. The number of likely N-dealkylation sites (tertiary alicyclic amines) is 1. The summed E-state index contributed by atoms with van der Waals surface area (Å²) in [5.41, 5.74) is 7.20. The predicted octanol–water partition coefficient (Wildman–Crippen LogP) is 2.34. The predicted molar refractivity (Wildman–Crippen MR) is 85.9 cm³/mol. The maximum absolute atomic E-state index is 12.5. The molecule has 0 saturated carbocycles. The van der Waals surface area contributed by atoms with Gasteiger partial charge in [-0.15, -0.1) is 12.4 Å². The Morgan fingerprint density at radius 3 is 3.00 bits per heavy atom. The van der Waals surface area contributed by atoms with Crippen molar-refractivity contribution in [1.82, 2.24) is 4.90 Å². The van der Waals surface area contributed by atoms with Crippen molar-refractivity contribution >= 4 is 36.0 Å². The van der Waals surface area contributed by atoms with Crippen LogP contribution in [-0.4, -0.2) is 37.0 Å². The molecule has 2 N–H and O–H groups in total. The van der Waals surface area contributed by atoms with Crippen LogP contribution in [0.3, 0.4) is 0 Å². The second-order valence-corrected chi connectivity index (χ2v) is 5.72. The molecule has 1 atom stereocenters. The van der Waals surface area contributed by atoms with Gasteiger partial charge in [-0.1, -0.05) is 11.6 Å². The summed E-state index contributed by atoms with van der Waals surface area (Å²) >= 11 is 5.97. The lowest BCUT2D eigenvalue weighted by atomic mass is 10.1. The van der Waals surface area contributed by atoms with Crippen LogP contribution in [0.2, 0.25) is 5.02 Å². The van der Waals surface area contributed by atoms with Crippen molar-refractivity contribution in [3.05, 3.63) is 34.4 Å². The monoisotopic (exact) mass is 328 g/mol. The molecule has 0 bridgehead atoms. The van der Waals surface area contributed by atoms with Crippen LogP contribution in [0.1, 0.15) is 12.0 Å². The maximum Gasteiger partial charge on any atom is 0.253 e. The molecule has 1 fully saturated rings. The number of fused-ring (bicyclic) bond motifs is 1. The van der Waals surface area contributed by atoms with Crippen LogP contribution >= 0.6 is 24.0 Å². The molecule has 3 rings (SSSR count). The molecule has 1 unspecified atom stereocenters. The Morgan fingerprint density at radius 1 is 1.48 bits per heavy atom. The molecule has 6 heteroatoms. The van der Waals surface area contributed by atoms with Gasteiger partial charge in [-0.05, 0) is 43.2 Å². The van der Waals surface area contributed by atoms with Gasteiger partial charge < -0.3 is 15.4 Å². The van der Waals surface area contributed by atoms with E-state index >= 15 is 0 Å². The minimum Gasteiger partial charge on any atom is -0.488 e. The Hall–Kier alpha value is -1.23. The summed E-state index contributed by atoms with van der Waals surface area (Å²) in [4.78, 5) is 14.3. The highest BCUT2D eigenvalue weighted by Crippen LogP contribution is 2.30. The van der Waals surface area contributed by atoms with E-state index in [1.165, 1.54) is 0 Å². The van der Waals surface area contributed by atoms with Gasteiger partial charge in [-0.3, -0.25) is 4.79 Å². The highest BCUT2D eigenvalue weighted by Gasteiger charge is 2.28. The molecule has 2 heterocycles. The van der Waals surface area contributed by atoms with Gasteiger partial charge in [-0.2, -0.15) is 0 Å². The van der Waals surface area contributed by atoms with Gasteiger partial charge in [0.2, 0.25) is 0 Å². The van der Waals surface area contributed by atoms with Crippen molar-refractivity contribution in [2.24, 2.45) is 11.7 Å². The average Bonchev–Trinajstić information content (AvgIpc) is 2.94. The van der Waals surface area contributed by atoms with E-state index in [1.807, 2.05) is 23.1 Å². The number of benzene rings is 1. The molecule has 4 nitrogen and oxygen atoms in total. The van der Waals surface area contributed by atoms with Gasteiger partial charge in [0, 0.05) is 23.7 Å². The van der Waals surface area contributed by atoms with Gasteiger partial charge in [-0.25, -0.2) is 0 Å². The van der Waals surface area contributed by atoms with E-state index < -0.39 is 0 Å². The van der Waals surface area contributed by atoms with E-state index in [9.17, 15) is 4.79 Å². The van der Waals surface area contributed by atoms with Gasteiger partial charge in [0.1, 0.15) is 12.4 Å². The van der Waals surface area contributed by atoms with Gasteiger partial charge in [0.15, 0.2) is 0 Å². The molecular weight excluding hydrogens is 311 g/mol. The van der Waals surface area contributed by atoms with Crippen LogP contribution in [0.5, 0.6) is 5.75 Å². The number of carbonyl (C=O) groups excluding carboxylic acids is 1. The third-order valence-electron chi connectivity index (χ3n) is 3.87. The number of carbonyl (C=O) groups is 1. The number of hydrogen-bond donors (Lipinski definition) is 1. The zero-order valence-electron chi connectivity index (χ0n) is 11.5. The summed E-state index contributed by atoms with van der Waals surface area (Å²) in [6.45, 7) is 2.48. The molecule has 1 saturated heterocycles. The van der Waals surface area contributed by atoms with Crippen LogP contribution < -0.4 is 10.5 Å².